The molecular weight excluding hydrogens is 380 g/mol. The van der Waals surface area contributed by atoms with Crippen LogP contribution in [0.5, 0.6) is 0 Å². The predicted molar refractivity (Wildman–Crippen MR) is 119 cm³/mol. The zero-order valence-corrected chi connectivity index (χ0v) is 17.9. The first kappa shape index (κ1) is 19.5. The van der Waals surface area contributed by atoms with Crippen LogP contribution in [0.1, 0.15) is 31.9 Å². The van der Waals surface area contributed by atoms with E-state index in [0.29, 0.717) is 11.0 Å². The maximum absolute atomic E-state index is 13.2. The second-order valence-electron chi connectivity index (χ2n) is 7.85. The number of thioether (sulfide) groups is 1. The Kier molecular flexibility index (Phi) is 5.04. The number of hydrogen-bond acceptors (Lipinski definition) is 4. The van der Waals surface area contributed by atoms with Crippen molar-refractivity contribution in [2.45, 2.75) is 38.4 Å². The normalized spacial score (nSPS) is 15.0. The molecule has 0 saturated carbocycles. The van der Waals surface area contributed by atoms with Crippen LogP contribution in [-0.2, 0) is 4.79 Å². The third-order valence-corrected chi connectivity index (χ3v) is 5.88. The van der Waals surface area contributed by atoms with E-state index in [1.54, 1.807) is 0 Å². The van der Waals surface area contributed by atoms with Crippen molar-refractivity contribution < 1.29 is 4.79 Å². The Balaban J connectivity index is 1.54. The number of amides is 1. The maximum Gasteiger partial charge on any atom is 0.238 e. The summed E-state index contributed by atoms with van der Waals surface area (Å²) in [6, 6.07) is 16.1. The lowest BCUT2D eigenvalue weighted by Gasteiger charge is -2.41. The number of benzene rings is 2. The lowest BCUT2D eigenvalue weighted by Crippen LogP contribution is -2.49. The molecule has 0 atom stereocenters. The Morgan fingerprint density at radius 2 is 1.90 bits per heavy atom. The predicted octanol–water partition coefficient (Wildman–Crippen LogP) is 5.10. The molecular formula is C23H24N4OS. The van der Waals surface area contributed by atoms with Gasteiger partial charge in [-0.2, -0.15) is 0 Å². The van der Waals surface area contributed by atoms with Gasteiger partial charge in [0.15, 0.2) is 5.82 Å². The molecule has 0 radical (unpaired) electrons. The molecule has 5 nitrogen and oxygen atoms in total. The summed E-state index contributed by atoms with van der Waals surface area (Å²) in [6.07, 6.45) is 2.16. The molecule has 0 bridgehead atoms. The second-order valence-corrected chi connectivity index (χ2v) is 8.79. The van der Waals surface area contributed by atoms with Crippen LogP contribution in [0.15, 0.2) is 59.8 Å². The fourth-order valence-corrected chi connectivity index (χ4v) is 4.47. The molecule has 3 aromatic rings. The summed E-state index contributed by atoms with van der Waals surface area (Å²) in [7, 11) is 0. The summed E-state index contributed by atoms with van der Waals surface area (Å²) in [5, 5.41) is 7.78. The Hall–Kier alpha value is -2.86. The van der Waals surface area contributed by atoms with E-state index in [-0.39, 0.29) is 11.7 Å². The van der Waals surface area contributed by atoms with E-state index in [1.807, 2.05) is 41.3 Å². The number of aromatic nitrogens is 3. The van der Waals surface area contributed by atoms with Gasteiger partial charge >= 0.3 is 0 Å². The zero-order chi connectivity index (χ0) is 20.6. The smallest absolute Gasteiger partial charge is 0.238 e. The van der Waals surface area contributed by atoms with Gasteiger partial charge in [0.2, 0.25) is 11.1 Å². The molecule has 1 amide bonds. The lowest BCUT2D eigenvalue weighted by molar-refractivity contribution is -0.116. The first-order valence-corrected chi connectivity index (χ1v) is 10.6. The van der Waals surface area contributed by atoms with Gasteiger partial charge in [-0.1, -0.05) is 59.8 Å². The minimum absolute atomic E-state index is 0.0416. The van der Waals surface area contributed by atoms with Crippen molar-refractivity contribution in [3.63, 3.8) is 0 Å². The fraction of sp³-hybridized carbons (Fsp3) is 0.261. The van der Waals surface area contributed by atoms with Crippen LogP contribution in [0.4, 0.5) is 5.69 Å². The van der Waals surface area contributed by atoms with Gasteiger partial charge in [-0.3, -0.25) is 9.89 Å². The van der Waals surface area contributed by atoms with Gasteiger partial charge in [0.05, 0.1) is 17.0 Å². The maximum atomic E-state index is 13.2. The average Bonchev–Trinajstić information content (AvgIpc) is 3.16. The molecule has 4 rings (SSSR count). The molecule has 1 aliphatic rings. The van der Waals surface area contributed by atoms with Crippen molar-refractivity contribution in [2.75, 3.05) is 10.7 Å². The van der Waals surface area contributed by atoms with E-state index in [1.165, 1.54) is 22.9 Å². The summed E-state index contributed by atoms with van der Waals surface area (Å²) in [4.78, 5) is 19.6. The summed E-state index contributed by atoms with van der Waals surface area (Å²) >= 11 is 1.35. The summed E-state index contributed by atoms with van der Waals surface area (Å²) in [6.45, 7) is 8.32. The molecule has 29 heavy (non-hydrogen) atoms. The highest BCUT2D eigenvalue weighted by molar-refractivity contribution is 7.99. The number of fused-ring (bicyclic) bond motifs is 1. The van der Waals surface area contributed by atoms with Crippen molar-refractivity contribution >= 4 is 28.9 Å². The Labute approximate surface area is 175 Å². The minimum Gasteiger partial charge on any atom is -0.302 e. The highest BCUT2D eigenvalue weighted by Crippen LogP contribution is 2.39. The van der Waals surface area contributed by atoms with Gasteiger partial charge in [0.25, 0.3) is 0 Å². The monoisotopic (exact) mass is 404 g/mol. The number of aryl methyl sites for hydroxylation is 1. The zero-order valence-electron chi connectivity index (χ0n) is 17.1. The number of rotatable bonds is 4. The van der Waals surface area contributed by atoms with Gasteiger partial charge in [-0.05, 0) is 45.4 Å². The SMILES string of the molecule is CC1=CC(C)(C)N(C(=O)CSc2n[nH]c(-c3ccccc3)n2)c2ccc(C)cc21. The third kappa shape index (κ3) is 3.85. The van der Waals surface area contributed by atoms with Gasteiger partial charge < -0.3 is 4.90 Å². The Morgan fingerprint density at radius 1 is 1.14 bits per heavy atom. The first-order chi connectivity index (χ1) is 13.8. The summed E-state index contributed by atoms with van der Waals surface area (Å²) in [5.41, 5.74) is 5.05. The number of aromatic amines is 1. The molecule has 148 valence electrons. The Bertz CT molecular complexity index is 1090. The van der Waals surface area contributed by atoms with E-state index in [4.69, 9.17) is 0 Å². The number of allylic oxidation sites excluding steroid dienone is 1. The van der Waals surface area contributed by atoms with Crippen LogP contribution in [0.3, 0.4) is 0 Å². The van der Waals surface area contributed by atoms with E-state index in [0.717, 1.165) is 16.8 Å². The van der Waals surface area contributed by atoms with Crippen LogP contribution in [0.25, 0.3) is 17.0 Å². The molecule has 1 aliphatic heterocycles. The summed E-state index contributed by atoms with van der Waals surface area (Å²) < 4.78 is 0. The largest absolute Gasteiger partial charge is 0.302 e. The van der Waals surface area contributed by atoms with Crippen molar-refractivity contribution in [3.8, 4) is 11.4 Å². The topological polar surface area (TPSA) is 61.9 Å². The quantitative estimate of drug-likeness (QED) is 0.615. The van der Waals surface area contributed by atoms with Crippen LogP contribution >= 0.6 is 11.8 Å². The number of hydrogen-bond donors (Lipinski definition) is 1. The van der Waals surface area contributed by atoms with E-state index < -0.39 is 5.54 Å². The number of nitrogens with zero attached hydrogens (tertiary/aromatic N) is 3. The molecule has 0 spiro atoms. The highest BCUT2D eigenvalue weighted by Gasteiger charge is 2.35. The van der Waals surface area contributed by atoms with Crippen LogP contribution in [0, 0.1) is 6.92 Å². The molecule has 0 saturated heterocycles. The molecule has 2 heterocycles. The number of anilines is 1. The van der Waals surface area contributed by atoms with E-state index >= 15 is 0 Å². The van der Waals surface area contributed by atoms with Gasteiger partial charge in [-0.25, -0.2) is 4.98 Å². The molecule has 1 aromatic heterocycles. The summed E-state index contributed by atoms with van der Waals surface area (Å²) in [5.74, 6) is 1.02. The number of carbonyl (C=O) groups excluding carboxylic acids is 1. The fourth-order valence-electron chi connectivity index (χ4n) is 3.83. The molecule has 1 N–H and O–H groups in total. The molecule has 0 aliphatic carbocycles. The standard InChI is InChI=1S/C23H24N4OS/c1-15-10-11-19-18(12-15)16(2)13-23(3,4)27(19)20(28)14-29-22-24-21(25-26-22)17-8-6-5-7-9-17/h5-13H,14H2,1-4H3,(H,24,25,26). The molecule has 6 heteroatoms. The molecule has 0 fully saturated rings. The van der Waals surface area contributed by atoms with E-state index in [9.17, 15) is 4.79 Å². The van der Waals surface area contributed by atoms with Crippen LogP contribution in [-0.4, -0.2) is 32.4 Å². The van der Waals surface area contributed by atoms with Gasteiger partial charge in [0.1, 0.15) is 0 Å². The second kappa shape index (κ2) is 7.52. The van der Waals surface area contributed by atoms with Crippen molar-refractivity contribution in [2.24, 2.45) is 0 Å². The highest BCUT2D eigenvalue weighted by atomic mass is 32.2. The number of carbonyl (C=O) groups is 1. The van der Waals surface area contributed by atoms with Crippen molar-refractivity contribution in [1.82, 2.24) is 15.2 Å². The number of nitrogens with one attached hydrogen (secondary N) is 1. The third-order valence-electron chi connectivity index (χ3n) is 5.05. The van der Waals surface area contributed by atoms with E-state index in [2.05, 4.69) is 61.1 Å². The number of H-pyrrole nitrogens is 1. The minimum atomic E-state index is -0.391. The average molecular weight is 405 g/mol. The Morgan fingerprint density at radius 3 is 2.66 bits per heavy atom. The van der Waals surface area contributed by atoms with Crippen molar-refractivity contribution in [3.05, 3.63) is 65.7 Å². The lowest BCUT2D eigenvalue weighted by atomic mass is 9.88. The van der Waals surface area contributed by atoms with Gasteiger partial charge in [0, 0.05) is 11.1 Å². The first-order valence-electron chi connectivity index (χ1n) is 9.59. The molecule has 2 aromatic carbocycles. The van der Waals surface area contributed by atoms with Crippen molar-refractivity contribution in [1.29, 1.82) is 0 Å². The van der Waals surface area contributed by atoms with Crippen LogP contribution in [0.2, 0.25) is 0 Å². The molecule has 0 unspecified atom stereocenters. The van der Waals surface area contributed by atoms with Crippen LogP contribution < -0.4 is 4.90 Å². The van der Waals surface area contributed by atoms with Gasteiger partial charge in [-0.15, -0.1) is 5.10 Å².